The second kappa shape index (κ2) is 4.59. The highest BCUT2D eigenvalue weighted by Gasteiger charge is 2.19. The van der Waals surface area contributed by atoms with Crippen molar-refractivity contribution in [2.75, 3.05) is 38.0 Å². The number of nitrogens with zero attached hydrogens (tertiary/aromatic N) is 1. The van der Waals surface area contributed by atoms with E-state index < -0.39 is 0 Å². The second-order valence-electron chi connectivity index (χ2n) is 4.40. The van der Waals surface area contributed by atoms with Gasteiger partial charge in [-0.25, -0.2) is 0 Å². The smallest absolute Gasteiger partial charge is 0.0452 e. The van der Waals surface area contributed by atoms with Gasteiger partial charge in [0.25, 0.3) is 0 Å². The first kappa shape index (κ1) is 10.9. The predicted molar refractivity (Wildman–Crippen MR) is 72.4 cm³/mol. The van der Waals surface area contributed by atoms with Gasteiger partial charge in [-0.3, -0.25) is 0 Å². The van der Waals surface area contributed by atoms with E-state index in [1.807, 2.05) is 12.1 Å². The van der Waals surface area contributed by atoms with E-state index in [0.717, 1.165) is 43.4 Å². The summed E-state index contributed by atoms with van der Waals surface area (Å²) in [7, 11) is 0. The Morgan fingerprint density at radius 1 is 1.18 bits per heavy atom. The van der Waals surface area contributed by atoms with Gasteiger partial charge in [-0.05, 0) is 24.3 Å². The lowest BCUT2D eigenvalue weighted by molar-refractivity contribution is 0.340. The normalized spacial score (nSPS) is 19.4. The molecular formula is C13H16ClN3. The van der Waals surface area contributed by atoms with Gasteiger partial charge in [0.1, 0.15) is 0 Å². The third-order valence-corrected chi connectivity index (χ3v) is 3.54. The highest BCUT2D eigenvalue weighted by atomic mass is 35.5. The predicted octanol–water partition coefficient (Wildman–Crippen LogP) is 2.01. The second-order valence-corrected chi connectivity index (χ2v) is 4.83. The molecule has 2 N–H and O–H groups in total. The summed E-state index contributed by atoms with van der Waals surface area (Å²) in [5, 5.41) is 7.54. The van der Waals surface area contributed by atoms with Crippen molar-refractivity contribution >= 4 is 23.0 Å². The molecule has 0 unspecified atom stereocenters. The number of rotatable bonds is 1. The fourth-order valence-electron chi connectivity index (χ4n) is 2.46. The van der Waals surface area contributed by atoms with Crippen LogP contribution in [0.25, 0.3) is 5.70 Å². The van der Waals surface area contributed by atoms with Crippen LogP contribution in [-0.2, 0) is 0 Å². The topological polar surface area (TPSA) is 27.3 Å². The Labute approximate surface area is 106 Å². The fourth-order valence-corrected chi connectivity index (χ4v) is 2.63. The number of anilines is 1. The standard InChI is InChI=1S/C13H16ClN3/c14-10-1-2-11-12(9-10)16-4-3-13(11)17-7-5-15-6-8-17/h1-3,9,15-16H,4-8H2. The average Bonchev–Trinajstić information content (AvgIpc) is 2.39. The Morgan fingerprint density at radius 3 is 2.82 bits per heavy atom. The van der Waals surface area contributed by atoms with Crippen molar-refractivity contribution in [3.05, 3.63) is 34.9 Å². The van der Waals surface area contributed by atoms with E-state index in [9.17, 15) is 0 Å². The highest BCUT2D eigenvalue weighted by molar-refractivity contribution is 6.31. The van der Waals surface area contributed by atoms with Crippen molar-refractivity contribution < 1.29 is 0 Å². The zero-order chi connectivity index (χ0) is 11.7. The monoisotopic (exact) mass is 249 g/mol. The molecule has 4 heteroatoms. The zero-order valence-electron chi connectivity index (χ0n) is 9.67. The van der Waals surface area contributed by atoms with Crippen molar-refractivity contribution in [3.8, 4) is 0 Å². The third-order valence-electron chi connectivity index (χ3n) is 3.30. The van der Waals surface area contributed by atoms with E-state index in [0.29, 0.717) is 0 Å². The quantitative estimate of drug-likeness (QED) is 0.798. The molecule has 0 amide bonds. The van der Waals surface area contributed by atoms with Crippen LogP contribution in [0.4, 0.5) is 5.69 Å². The first-order valence-corrected chi connectivity index (χ1v) is 6.42. The van der Waals surface area contributed by atoms with Gasteiger partial charge in [-0.2, -0.15) is 0 Å². The molecule has 3 rings (SSSR count). The SMILES string of the molecule is Clc1ccc2c(c1)NCC=C2N1CCNCC1. The first-order valence-electron chi connectivity index (χ1n) is 6.04. The molecule has 90 valence electrons. The maximum atomic E-state index is 6.03. The molecule has 1 saturated heterocycles. The Morgan fingerprint density at radius 2 is 2.00 bits per heavy atom. The molecule has 3 nitrogen and oxygen atoms in total. The molecule has 0 aromatic heterocycles. The Kier molecular flexibility index (Phi) is 2.95. The van der Waals surface area contributed by atoms with Crippen molar-refractivity contribution in [2.45, 2.75) is 0 Å². The van der Waals surface area contributed by atoms with Crippen LogP contribution in [0.15, 0.2) is 24.3 Å². The summed E-state index contributed by atoms with van der Waals surface area (Å²) in [6.07, 6.45) is 2.27. The van der Waals surface area contributed by atoms with Gasteiger partial charge in [0.05, 0.1) is 0 Å². The minimum atomic E-state index is 0.790. The molecule has 17 heavy (non-hydrogen) atoms. The van der Waals surface area contributed by atoms with Crippen LogP contribution < -0.4 is 10.6 Å². The first-order chi connectivity index (χ1) is 8.34. The van der Waals surface area contributed by atoms with Gasteiger partial charge in [0.2, 0.25) is 0 Å². The number of fused-ring (bicyclic) bond motifs is 1. The van der Waals surface area contributed by atoms with Gasteiger partial charge in [0, 0.05) is 54.7 Å². The fraction of sp³-hybridized carbons (Fsp3) is 0.385. The van der Waals surface area contributed by atoms with Gasteiger partial charge in [-0.15, -0.1) is 0 Å². The summed E-state index contributed by atoms with van der Waals surface area (Å²) >= 11 is 6.03. The van der Waals surface area contributed by atoms with E-state index in [-0.39, 0.29) is 0 Å². The van der Waals surface area contributed by atoms with Crippen LogP contribution in [0.5, 0.6) is 0 Å². The van der Waals surface area contributed by atoms with E-state index in [1.165, 1.54) is 11.3 Å². The van der Waals surface area contributed by atoms with Crippen LogP contribution in [0.1, 0.15) is 5.56 Å². The average molecular weight is 250 g/mol. The number of nitrogens with one attached hydrogen (secondary N) is 2. The molecule has 1 fully saturated rings. The number of benzene rings is 1. The van der Waals surface area contributed by atoms with Gasteiger partial charge in [0.15, 0.2) is 0 Å². The van der Waals surface area contributed by atoms with E-state index >= 15 is 0 Å². The minimum Gasteiger partial charge on any atom is -0.381 e. The van der Waals surface area contributed by atoms with E-state index in [1.54, 1.807) is 0 Å². The minimum absolute atomic E-state index is 0.790. The Bertz CT molecular complexity index is 450. The molecule has 2 aliphatic rings. The molecule has 1 aromatic rings. The number of halogens is 1. The van der Waals surface area contributed by atoms with Crippen LogP contribution in [0.3, 0.4) is 0 Å². The van der Waals surface area contributed by atoms with Crippen LogP contribution >= 0.6 is 11.6 Å². The number of piperazine rings is 1. The molecule has 2 heterocycles. The lowest BCUT2D eigenvalue weighted by Gasteiger charge is -2.34. The third kappa shape index (κ3) is 2.13. The molecule has 0 atom stereocenters. The van der Waals surface area contributed by atoms with E-state index in [4.69, 9.17) is 11.6 Å². The van der Waals surface area contributed by atoms with Crippen LogP contribution in [0.2, 0.25) is 5.02 Å². The molecule has 1 aromatic carbocycles. The maximum Gasteiger partial charge on any atom is 0.0452 e. The molecular weight excluding hydrogens is 234 g/mol. The number of hydrogen-bond acceptors (Lipinski definition) is 3. The lowest BCUT2D eigenvalue weighted by atomic mass is 10.0. The van der Waals surface area contributed by atoms with Crippen LogP contribution in [-0.4, -0.2) is 37.6 Å². The van der Waals surface area contributed by atoms with Crippen molar-refractivity contribution in [1.29, 1.82) is 0 Å². The van der Waals surface area contributed by atoms with Gasteiger partial charge < -0.3 is 15.5 Å². The van der Waals surface area contributed by atoms with Gasteiger partial charge in [-0.1, -0.05) is 11.6 Å². The summed E-state index contributed by atoms with van der Waals surface area (Å²) in [5.74, 6) is 0. The molecule has 0 aliphatic carbocycles. The molecule has 2 aliphatic heterocycles. The van der Waals surface area contributed by atoms with Gasteiger partial charge >= 0.3 is 0 Å². The van der Waals surface area contributed by atoms with Crippen molar-refractivity contribution in [3.63, 3.8) is 0 Å². The van der Waals surface area contributed by atoms with E-state index in [2.05, 4.69) is 27.7 Å². The Balaban J connectivity index is 1.93. The summed E-state index contributed by atoms with van der Waals surface area (Å²) < 4.78 is 0. The Hall–Kier alpha value is -1.19. The zero-order valence-corrected chi connectivity index (χ0v) is 10.4. The molecule has 0 spiro atoms. The highest BCUT2D eigenvalue weighted by Crippen LogP contribution is 2.32. The largest absolute Gasteiger partial charge is 0.381 e. The summed E-state index contributed by atoms with van der Waals surface area (Å²) in [6.45, 7) is 5.16. The molecule has 0 bridgehead atoms. The molecule has 0 saturated carbocycles. The summed E-state index contributed by atoms with van der Waals surface area (Å²) in [4.78, 5) is 2.45. The maximum absolute atomic E-state index is 6.03. The van der Waals surface area contributed by atoms with Crippen molar-refractivity contribution in [1.82, 2.24) is 10.2 Å². The van der Waals surface area contributed by atoms with Crippen molar-refractivity contribution in [2.24, 2.45) is 0 Å². The lowest BCUT2D eigenvalue weighted by Crippen LogP contribution is -2.42. The summed E-state index contributed by atoms with van der Waals surface area (Å²) in [6, 6.07) is 6.08. The molecule has 0 radical (unpaired) electrons. The van der Waals surface area contributed by atoms with Crippen LogP contribution in [0, 0.1) is 0 Å². The summed E-state index contributed by atoms with van der Waals surface area (Å²) in [5.41, 5.74) is 3.76. The number of hydrogen-bond donors (Lipinski definition) is 2.